The summed E-state index contributed by atoms with van der Waals surface area (Å²) in [5, 5.41) is 8.38. The molecule has 2 heterocycles. The number of hydrogen-bond acceptors (Lipinski definition) is 3. The van der Waals surface area contributed by atoms with E-state index in [1.807, 2.05) is 4.68 Å². The fraction of sp³-hybridized carbons (Fsp3) is 0.444. The third-order valence-electron chi connectivity index (χ3n) is 4.60. The number of nitrogens with one attached hydrogen (secondary N) is 1. The van der Waals surface area contributed by atoms with Gasteiger partial charge in [0.15, 0.2) is 5.11 Å². The highest BCUT2D eigenvalue weighted by molar-refractivity contribution is 7.80. The summed E-state index contributed by atoms with van der Waals surface area (Å²) in [7, 11) is 0. The zero-order valence-electron chi connectivity index (χ0n) is 15.0. The highest BCUT2D eigenvalue weighted by atomic mass is 35.5. The summed E-state index contributed by atoms with van der Waals surface area (Å²) in [6.07, 6.45) is 2.13. The van der Waals surface area contributed by atoms with Crippen LogP contribution in [0.2, 0.25) is 5.02 Å². The molecule has 1 aliphatic rings. The van der Waals surface area contributed by atoms with Crippen LogP contribution in [0.25, 0.3) is 0 Å². The second-order valence-corrected chi connectivity index (χ2v) is 7.21. The van der Waals surface area contributed by atoms with E-state index < -0.39 is 5.82 Å². The first kappa shape index (κ1) is 19.1. The smallest absolute Gasteiger partial charge is 0.173 e. The molecule has 2 aromatic rings. The number of nitrogens with zero attached hydrogens (tertiary/aromatic N) is 4. The maximum absolute atomic E-state index is 13.3. The lowest BCUT2D eigenvalue weighted by atomic mass is 10.2. The normalized spacial score (nSPS) is 15.3. The van der Waals surface area contributed by atoms with Crippen molar-refractivity contribution in [1.29, 1.82) is 0 Å². The lowest BCUT2D eigenvalue weighted by molar-refractivity contribution is 0.176. The van der Waals surface area contributed by atoms with Crippen molar-refractivity contribution in [3.8, 4) is 0 Å². The molecule has 1 N–H and O–H groups in total. The Balaban J connectivity index is 1.51. The van der Waals surface area contributed by atoms with E-state index in [1.54, 1.807) is 12.1 Å². The highest BCUT2D eigenvalue weighted by Gasteiger charge is 2.20. The standard InChI is InChI=1S/C18H23ClFN5S/c1-3-25-12-14(13(2)22-25)11-23-6-8-24(9-7-23)18(26)21-15-4-5-17(20)16(19)10-15/h4-5,10,12H,3,6-9,11H2,1-2H3,(H,21,26). The van der Waals surface area contributed by atoms with Crippen LogP contribution in [-0.4, -0.2) is 50.9 Å². The predicted octanol–water partition coefficient (Wildman–Crippen LogP) is 3.52. The molecule has 1 aliphatic heterocycles. The molecular weight excluding hydrogens is 373 g/mol. The zero-order chi connectivity index (χ0) is 18.7. The molecule has 0 atom stereocenters. The molecular formula is C18H23ClFN5S. The van der Waals surface area contributed by atoms with Gasteiger partial charge in [0.25, 0.3) is 0 Å². The Morgan fingerprint density at radius 1 is 1.31 bits per heavy atom. The first-order chi connectivity index (χ1) is 12.5. The van der Waals surface area contributed by atoms with Gasteiger partial charge in [-0.1, -0.05) is 11.6 Å². The molecule has 0 radical (unpaired) electrons. The van der Waals surface area contributed by atoms with Gasteiger partial charge < -0.3 is 10.2 Å². The van der Waals surface area contributed by atoms with Crippen molar-refractivity contribution in [1.82, 2.24) is 19.6 Å². The number of rotatable bonds is 4. The van der Waals surface area contributed by atoms with Crippen molar-refractivity contribution in [2.45, 2.75) is 26.9 Å². The van der Waals surface area contributed by atoms with Crippen molar-refractivity contribution in [2.24, 2.45) is 0 Å². The number of hydrogen-bond donors (Lipinski definition) is 1. The highest BCUT2D eigenvalue weighted by Crippen LogP contribution is 2.20. The Morgan fingerprint density at radius 2 is 2.04 bits per heavy atom. The van der Waals surface area contributed by atoms with Gasteiger partial charge in [0.1, 0.15) is 5.82 Å². The largest absolute Gasteiger partial charge is 0.346 e. The fourth-order valence-corrected chi connectivity index (χ4v) is 3.48. The van der Waals surface area contributed by atoms with Crippen LogP contribution in [0.3, 0.4) is 0 Å². The van der Waals surface area contributed by atoms with Crippen LogP contribution < -0.4 is 5.32 Å². The van der Waals surface area contributed by atoms with Gasteiger partial charge in [-0.15, -0.1) is 0 Å². The molecule has 0 spiro atoms. The number of aryl methyl sites for hydroxylation is 2. The minimum Gasteiger partial charge on any atom is -0.346 e. The van der Waals surface area contributed by atoms with Crippen LogP contribution in [0.1, 0.15) is 18.2 Å². The summed E-state index contributed by atoms with van der Waals surface area (Å²) < 4.78 is 15.2. The van der Waals surface area contributed by atoms with E-state index in [2.05, 4.69) is 40.3 Å². The SMILES string of the molecule is CCn1cc(CN2CCN(C(=S)Nc3ccc(F)c(Cl)c3)CC2)c(C)n1. The average molecular weight is 396 g/mol. The third-order valence-corrected chi connectivity index (χ3v) is 5.25. The summed E-state index contributed by atoms with van der Waals surface area (Å²) in [6.45, 7) is 9.52. The Morgan fingerprint density at radius 3 is 2.65 bits per heavy atom. The van der Waals surface area contributed by atoms with Crippen LogP contribution in [0.4, 0.5) is 10.1 Å². The summed E-state index contributed by atoms with van der Waals surface area (Å²) in [6, 6.07) is 4.52. The number of anilines is 1. The Bertz CT molecular complexity index is 786. The molecule has 1 aromatic carbocycles. The molecule has 1 saturated heterocycles. The van der Waals surface area contributed by atoms with Crippen molar-refractivity contribution in [2.75, 3.05) is 31.5 Å². The summed E-state index contributed by atoms with van der Waals surface area (Å²) in [4.78, 5) is 4.54. The molecule has 1 aromatic heterocycles. The molecule has 0 aliphatic carbocycles. The van der Waals surface area contributed by atoms with Crippen LogP contribution in [0, 0.1) is 12.7 Å². The fourth-order valence-electron chi connectivity index (χ4n) is 3.00. The lowest BCUT2D eigenvalue weighted by Gasteiger charge is -2.36. The topological polar surface area (TPSA) is 36.3 Å². The summed E-state index contributed by atoms with van der Waals surface area (Å²) in [5.41, 5.74) is 3.08. The molecule has 140 valence electrons. The molecule has 8 heteroatoms. The van der Waals surface area contributed by atoms with E-state index in [0.717, 1.165) is 45.0 Å². The van der Waals surface area contributed by atoms with Gasteiger partial charge >= 0.3 is 0 Å². The van der Waals surface area contributed by atoms with Gasteiger partial charge in [0, 0.05) is 56.7 Å². The molecule has 0 saturated carbocycles. The number of halogens is 2. The van der Waals surface area contributed by atoms with Crippen molar-refractivity contribution >= 4 is 34.6 Å². The predicted molar refractivity (Wildman–Crippen MR) is 107 cm³/mol. The van der Waals surface area contributed by atoms with Gasteiger partial charge in [0.05, 0.1) is 10.7 Å². The van der Waals surface area contributed by atoms with Gasteiger partial charge in [-0.25, -0.2) is 4.39 Å². The molecule has 26 heavy (non-hydrogen) atoms. The first-order valence-corrected chi connectivity index (χ1v) is 9.51. The van der Waals surface area contributed by atoms with E-state index >= 15 is 0 Å². The second-order valence-electron chi connectivity index (χ2n) is 6.42. The average Bonchev–Trinajstić information content (AvgIpc) is 2.98. The number of thiocarbonyl (C=S) groups is 1. The third kappa shape index (κ3) is 4.52. The van der Waals surface area contributed by atoms with E-state index in [9.17, 15) is 4.39 Å². The monoisotopic (exact) mass is 395 g/mol. The quantitative estimate of drug-likeness (QED) is 0.801. The zero-order valence-corrected chi connectivity index (χ0v) is 16.6. The van der Waals surface area contributed by atoms with Crippen molar-refractivity contribution < 1.29 is 4.39 Å². The van der Waals surface area contributed by atoms with E-state index in [0.29, 0.717) is 10.8 Å². The maximum atomic E-state index is 13.3. The molecule has 0 amide bonds. The molecule has 0 unspecified atom stereocenters. The number of benzene rings is 1. The van der Waals surface area contributed by atoms with Crippen LogP contribution in [0.15, 0.2) is 24.4 Å². The maximum Gasteiger partial charge on any atom is 0.173 e. The summed E-state index contributed by atoms with van der Waals surface area (Å²) in [5.74, 6) is -0.432. The van der Waals surface area contributed by atoms with Gasteiger partial charge in [-0.05, 0) is 44.3 Å². The van der Waals surface area contributed by atoms with Crippen molar-refractivity contribution in [3.63, 3.8) is 0 Å². The Labute approximate surface area is 163 Å². The van der Waals surface area contributed by atoms with Crippen molar-refractivity contribution in [3.05, 3.63) is 46.5 Å². The second kappa shape index (κ2) is 8.33. The summed E-state index contributed by atoms with van der Waals surface area (Å²) >= 11 is 11.3. The van der Waals surface area contributed by atoms with Crippen LogP contribution >= 0.6 is 23.8 Å². The minimum absolute atomic E-state index is 0.0885. The molecule has 3 rings (SSSR count). The first-order valence-electron chi connectivity index (χ1n) is 8.72. The van der Waals surface area contributed by atoms with E-state index in [1.165, 1.54) is 11.6 Å². The van der Waals surface area contributed by atoms with Gasteiger partial charge in [0.2, 0.25) is 0 Å². The number of aromatic nitrogens is 2. The van der Waals surface area contributed by atoms with Gasteiger partial charge in [-0.2, -0.15) is 5.10 Å². The molecule has 1 fully saturated rings. The molecule has 5 nitrogen and oxygen atoms in total. The van der Waals surface area contributed by atoms with Crippen LogP contribution in [-0.2, 0) is 13.1 Å². The van der Waals surface area contributed by atoms with Gasteiger partial charge in [-0.3, -0.25) is 9.58 Å². The minimum atomic E-state index is -0.432. The Kier molecular flexibility index (Phi) is 6.11. The van der Waals surface area contributed by atoms with E-state index in [-0.39, 0.29) is 5.02 Å². The lowest BCUT2D eigenvalue weighted by Crippen LogP contribution is -2.49. The Hall–Kier alpha value is -1.70. The van der Waals surface area contributed by atoms with E-state index in [4.69, 9.17) is 23.8 Å². The van der Waals surface area contributed by atoms with Crippen LogP contribution in [0.5, 0.6) is 0 Å². The molecule has 0 bridgehead atoms. The number of piperazine rings is 1.